The SMILES string of the molecule is Cc1ccccc1OCCNC(=O)c1ccccc1[N+](=O)[O-]. The van der Waals surface area contributed by atoms with Crippen LogP contribution in [0.15, 0.2) is 48.5 Å². The molecule has 0 saturated heterocycles. The van der Waals surface area contributed by atoms with Crippen LogP contribution in [0.2, 0.25) is 0 Å². The van der Waals surface area contributed by atoms with Crippen LogP contribution >= 0.6 is 0 Å². The van der Waals surface area contributed by atoms with Crippen LogP contribution in [0.25, 0.3) is 0 Å². The molecule has 2 aromatic carbocycles. The number of para-hydroxylation sites is 2. The van der Waals surface area contributed by atoms with Crippen molar-refractivity contribution in [2.45, 2.75) is 6.92 Å². The van der Waals surface area contributed by atoms with Gasteiger partial charge in [0.15, 0.2) is 0 Å². The summed E-state index contributed by atoms with van der Waals surface area (Å²) in [6, 6.07) is 13.4. The van der Waals surface area contributed by atoms with Crippen molar-refractivity contribution in [1.82, 2.24) is 5.32 Å². The van der Waals surface area contributed by atoms with Gasteiger partial charge in [-0.25, -0.2) is 0 Å². The summed E-state index contributed by atoms with van der Waals surface area (Å²) >= 11 is 0. The Morgan fingerprint density at radius 1 is 1.18 bits per heavy atom. The molecule has 6 nitrogen and oxygen atoms in total. The Labute approximate surface area is 127 Å². The molecule has 0 aromatic heterocycles. The van der Waals surface area contributed by atoms with Gasteiger partial charge in [-0.1, -0.05) is 30.3 Å². The maximum absolute atomic E-state index is 12.0. The second-order valence-corrected chi connectivity index (χ2v) is 4.64. The highest BCUT2D eigenvalue weighted by Crippen LogP contribution is 2.17. The zero-order valence-corrected chi connectivity index (χ0v) is 12.1. The molecule has 0 fully saturated rings. The highest BCUT2D eigenvalue weighted by atomic mass is 16.6. The van der Waals surface area contributed by atoms with Crippen LogP contribution in [0, 0.1) is 17.0 Å². The Morgan fingerprint density at radius 2 is 1.86 bits per heavy atom. The van der Waals surface area contributed by atoms with Gasteiger partial charge in [-0.15, -0.1) is 0 Å². The van der Waals surface area contributed by atoms with Gasteiger partial charge in [0.05, 0.1) is 11.5 Å². The van der Waals surface area contributed by atoms with Gasteiger partial charge in [0.1, 0.15) is 17.9 Å². The van der Waals surface area contributed by atoms with Gasteiger partial charge in [0.25, 0.3) is 11.6 Å². The fraction of sp³-hybridized carbons (Fsp3) is 0.188. The van der Waals surface area contributed by atoms with Gasteiger partial charge in [0.2, 0.25) is 0 Å². The van der Waals surface area contributed by atoms with E-state index in [4.69, 9.17) is 4.74 Å². The number of nitrogens with zero attached hydrogens (tertiary/aromatic N) is 1. The lowest BCUT2D eigenvalue weighted by Gasteiger charge is -2.09. The largest absolute Gasteiger partial charge is 0.491 e. The predicted molar refractivity (Wildman–Crippen MR) is 82.1 cm³/mol. The fourth-order valence-corrected chi connectivity index (χ4v) is 1.96. The van der Waals surface area contributed by atoms with Crippen molar-refractivity contribution in [2.24, 2.45) is 0 Å². The molecule has 0 bridgehead atoms. The summed E-state index contributed by atoms with van der Waals surface area (Å²) in [6.07, 6.45) is 0. The molecule has 22 heavy (non-hydrogen) atoms. The average molecular weight is 300 g/mol. The maximum atomic E-state index is 12.0. The van der Waals surface area contributed by atoms with E-state index in [1.165, 1.54) is 18.2 Å². The molecular formula is C16H16N2O4. The minimum atomic E-state index is -0.571. The van der Waals surface area contributed by atoms with Gasteiger partial charge in [0, 0.05) is 6.07 Å². The van der Waals surface area contributed by atoms with E-state index in [2.05, 4.69) is 5.32 Å². The number of hydrogen-bond donors (Lipinski definition) is 1. The summed E-state index contributed by atoms with van der Waals surface area (Å²) in [5.74, 6) is 0.267. The normalized spacial score (nSPS) is 10.0. The third-order valence-electron chi connectivity index (χ3n) is 3.08. The second kappa shape index (κ2) is 7.21. The Morgan fingerprint density at radius 3 is 2.59 bits per heavy atom. The molecule has 2 rings (SSSR count). The lowest BCUT2D eigenvalue weighted by molar-refractivity contribution is -0.385. The average Bonchev–Trinajstić information content (AvgIpc) is 2.52. The monoisotopic (exact) mass is 300 g/mol. The van der Waals surface area contributed by atoms with Gasteiger partial charge in [-0.2, -0.15) is 0 Å². The van der Waals surface area contributed by atoms with Crippen LogP contribution < -0.4 is 10.1 Å². The number of hydrogen-bond acceptors (Lipinski definition) is 4. The van der Waals surface area contributed by atoms with Crippen molar-refractivity contribution >= 4 is 11.6 Å². The van der Waals surface area contributed by atoms with Crippen LogP contribution in [0.3, 0.4) is 0 Å². The predicted octanol–water partition coefficient (Wildman–Crippen LogP) is 2.71. The first-order valence-electron chi connectivity index (χ1n) is 6.79. The molecule has 6 heteroatoms. The van der Waals surface area contributed by atoms with Crippen LogP contribution in [0.1, 0.15) is 15.9 Å². The van der Waals surface area contributed by atoms with E-state index in [0.717, 1.165) is 11.3 Å². The molecule has 0 unspecified atom stereocenters. The van der Waals surface area contributed by atoms with Gasteiger partial charge < -0.3 is 10.1 Å². The molecule has 2 aromatic rings. The van der Waals surface area contributed by atoms with E-state index >= 15 is 0 Å². The first kappa shape index (κ1) is 15.5. The lowest BCUT2D eigenvalue weighted by Crippen LogP contribution is -2.28. The van der Waals surface area contributed by atoms with Crippen molar-refractivity contribution in [1.29, 1.82) is 0 Å². The van der Waals surface area contributed by atoms with E-state index < -0.39 is 10.8 Å². The highest BCUT2D eigenvalue weighted by Gasteiger charge is 2.18. The fourth-order valence-electron chi connectivity index (χ4n) is 1.96. The van der Waals surface area contributed by atoms with E-state index in [0.29, 0.717) is 0 Å². The van der Waals surface area contributed by atoms with Gasteiger partial charge in [-0.05, 0) is 24.6 Å². The van der Waals surface area contributed by atoms with Crippen LogP contribution in [0.5, 0.6) is 5.75 Å². The van der Waals surface area contributed by atoms with E-state index in [1.807, 2.05) is 31.2 Å². The quantitative estimate of drug-likeness (QED) is 0.505. The number of benzene rings is 2. The number of nitrogens with one attached hydrogen (secondary N) is 1. The molecule has 0 aliphatic rings. The summed E-state index contributed by atoms with van der Waals surface area (Å²) < 4.78 is 5.55. The summed E-state index contributed by atoms with van der Waals surface area (Å²) in [5.41, 5.74) is 0.843. The van der Waals surface area contributed by atoms with Crippen molar-refractivity contribution in [2.75, 3.05) is 13.2 Å². The topological polar surface area (TPSA) is 81.5 Å². The minimum absolute atomic E-state index is 0.0448. The molecule has 0 aliphatic heterocycles. The number of rotatable bonds is 6. The smallest absolute Gasteiger partial charge is 0.282 e. The molecular weight excluding hydrogens is 284 g/mol. The summed E-state index contributed by atoms with van der Waals surface area (Å²) in [7, 11) is 0. The van der Waals surface area contributed by atoms with E-state index in [-0.39, 0.29) is 24.4 Å². The van der Waals surface area contributed by atoms with Gasteiger partial charge >= 0.3 is 0 Å². The molecule has 0 aliphatic carbocycles. The van der Waals surface area contributed by atoms with Gasteiger partial charge in [-0.3, -0.25) is 14.9 Å². The lowest BCUT2D eigenvalue weighted by atomic mass is 10.1. The van der Waals surface area contributed by atoms with Crippen LogP contribution in [-0.2, 0) is 0 Å². The third kappa shape index (κ3) is 3.82. The third-order valence-corrected chi connectivity index (χ3v) is 3.08. The Hall–Kier alpha value is -2.89. The molecule has 0 atom stereocenters. The summed E-state index contributed by atoms with van der Waals surface area (Å²) in [4.78, 5) is 22.3. The maximum Gasteiger partial charge on any atom is 0.282 e. The number of nitro benzene ring substituents is 1. The van der Waals surface area contributed by atoms with Crippen molar-refractivity contribution < 1.29 is 14.5 Å². The summed E-state index contributed by atoms with van der Waals surface area (Å²) in [6.45, 7) is 2.48. The molecule has 0 spiro atoms. The zero-order valence-electron chi connectivity index (χ0n) is 12.1. The molecule has 1 N–H and O–H groups in total. The molecule has 0 radical (unpaired) electrons. The number of carbonyl (C=O) groups is 1. The first-order valence-corrected chi connectivity index (χ1v) is 6.79. The Balaban J connectivity index is 1.89. The van der Waals surface area contributed by atoms with Crippen LogP contribution in [0.4, 0.5) is 5.69 Å². The molecule has 0 heterocycles. The van der Waals surface area contributed by atoms with Crippen molar-refractivity contribution in [3.63, 3.8) is 0 Å². The van der Waals surface area contributed by atoms with E-state index in [9.17, 15) is 14.9 Å². The number of ether oxygens (including phenoxy) is 1. The second-order valence-electron chi connectivity index (χ2n) is 4.64. The number of carbonyl (C=O) groups excluding carboxylic acids is 1. The number of aryl methyl sites for hydroxylation is 1. The molecule has 1 amide bonds. The standard InChI is InChI=1S/C16H16N2O4/c1-12-6-2-5-9-15(12)22-11-10-17-16(19)13-7-3-4-8-14(13)18(20)21/h2-9H,10-11H2,1H3,(H,17,19). The first-order chi connectivity index (χ1) is 10.6. The molecule has 114 valence electrons. The van der Waals surface area contributed by atoms with Crippen molar-refractivity contribution in [3.8, 4) is 5.75 Å². The zero-order chi connectivity index (χ0) is 15.9. The van der Waals surface area contributed by atoms with Crippen LogP contribution in [-0.4, -0.2) is 24.0 Å². The number of nitro groups is 1. The summed E-state index contributed by atoms with van der Waals surface area (Å²) in [5, 5.41) is 13.5. The molecule has 0 saturated carbocycles. The Bertz CT molecular complexity index is 685. The highest BCUT2D eigenvalue weighted by molar-refractivity contribution is 5.98. The number of amides is 1. The minimum Gasteiger partial charge on any atom is -0.491 e. The van der Waals surface area contributed by atoms with E-state index in [1.54, 1.807) is 6.07 Å². The Kier molecular flexibility index (Phi) is 5.08. The van der Waals surface area contributed by atoms with Crippen molar-refractivity contribution in [3.05, 3.63) is 69.8 Å².